The van der Waals surface area contributed by atoms with Crippen LogP contribution in [0.1, 0.15) is 18.9 Å². The smallest absolute Gasteiger partial charge is 0.0546 e. The number of aliphatic hydroxyl groups excluding tert-OH is 1. The summed E-state index contributed by atoms with van der Waals surface area (Å²) in [5, 5.41) is 8.48. The molecular formula is C13H18O. The van der Waals surface area contributed by atoms with E-state index in [-0.39, 0.29) is 6.10 Å². The third kappa shape index (κ3) is 7.32. The summed E-state index contributed by atoms with van der Waals surface area (Å²) in [6, 6.07) is 10.0. The summed E-state index contributed by atoms with van der Waals surface area (Å²) >= 11 is 0. The van der Waals surface area contributed by atoms with Crippen molar-refractivity contribution >= 4 is 6.08 Å². The van der Waals surface area contributed by atoms with E-state index in [4.69, 9.17) is 5.11 Å². The minimum atomic E-state index is -0.220. The van der Waals surface area contributed by atoms with Crippen molar-refractivity contribution in [3.8, 4) is 0 Å². The van der Waals surface area contributed by atoms with Gasteiger partial charge < -0.3 is 5.11 Å². The molecule has 14 heavy (non-hydrogen) atoms. The summed E-state index contributed by atoms with van der Waals surface area (Å²) in [6.07, 6.45) is 4.01. The molecule has 0 bridgehead atoms. The molecule has 1 heteroatoms. The molecule has 0 amide bonds. The molecule has 0 aliphatic heterocycles. The first-order chi connectivity index (χ1) is 6.70. The molecule has 1 aromatic rings. The van der Waals surface area contributed by atoms with Crippen LogP contribution in [0.25, 0.3) is 6.08 Å². The van der Waals surface area contributed by atoms with Gasteiger partial charge in [-0.3, -0.25) is 0 Å². The van der Waals surface area contributed by atoms with Crippen molar-refractivity contribution in [2.75, 3.05) is 0 Å². The molecule has 1 nitrogen and oxygen atoms in total. The second kappa shape index (κ2) is 8.27. The molecule has 76 valence electrons. The molecule has 0 aliphatic carbocycles. The Hall–Kier alpha value is -1.34. The predicted molar refractivity (Wildman–Crippen MR) is 63.0 cm³/mol. The van der Waals surface area contributed by atoms with E-state index in [1.807, 2.05) is 36.4 Å². The normalized spacial score (nSPS) is 10.7. The zero-order valence-electron chi connectivity index (χ0n) is 8.69. The Bertz CT molecular complexity index is 249. The van der Waals surface area contributed by atoms with Crippen LogP contribution in [0.2, 0.25) is 0 Å². The molecule has 1 aromatic carbocycles. The molecule has 0 saturated carbocycles. The van der Waals surface area contributed by atoms with Crippen LogP contribution in [0.4, 0.5) is 0 Å². The molecule has 0 spiro atoms. The van der Waals surface area contributed by atoms with Crippen molar-refractivity contribution in [3.05, 3.63) is 55.1 Å². The highest BCUT2D eigenvalue weighted by Crippen LogP contribution is 1.97. The molecule has 0 aromatic heterocycles. The van der Waals surface area contributed by atoms with Gasteiger partial charge in [-0.15, -0.1) is 6.58 Å². The minimum absolute atomic E-state index is 0.220. The van der Waals surface area contributed by atoms with Crippen molar-refractivity contribution < 1.29 is 5.11 Å². The van der Waals surface area contributed by atoms with Crippen LogP contribution in [0, 0.1) is 0 Å². The van der Waals surface area contributed by atoms with Crippen molar-refractivity contribution in [2.24, 2.45) is 0 Å². The van der Waals surface area contributed by atoms with Crippen molar-refractivity contribution in [3.63, 3.8) is 0 Å². The van der Waals surface area contributed by atoms with E-state index in [9.17, 15) is 0 Å². The Balaban J connectivity index is 0.000000255. The third-order valence-corrected chi connectivity index (χ3v) is 1.54. The molecule has 1 atom stereocenters. The highest BCUT2D eigenvalue weighted by Gasteiger charge is 1.84. The molecule has 1 rings (SSSR count). The van der Waals surface area contributed by atoms with E-state index < -0.39 is 0 Å². The van der Waals surface area contributed by atoms with Gasteiger partial charge in [0.05, 0.1) is 6.10 Å². The molecular weight excluding hydrogens is 172 g/mol. The van der Waals surface area contributed by atoms with E-state index in [0.717, 1.165) is 0 Å². The van der Waals surface area contributed by atoms with Crippen LogP contribution in [0.3, 0.4) is 0 Å². The van der Waals surface area contributed by atoms with Crippen LogP contribution in [-0.4, -0.2) is 11.2 Å². The topological polar surface area (TPSA) is 20.2 Å². The van der Waals surface area contributed by atoms with Crippen LogP contribution < -0.4 is 0 Å². The molecule has 0 aliphatic rings. The summed E-state index contributed by atoms with van der Waals surface area (Å²) in [5.41, 5.74) is 1.17. The first-order valence-corrected chi connectivity index (χ1v) is 4.67. The lowest BCUT2D eigenvalue weighted by atomic mass is 10.2. The maximum atomic E-state index is 8.48. The fourth-order valence-electron chi connectivity index (χ4n) is 0.830. The Morgan fingerprint density at radius 1 is 1.29 bits per heavy atom. The third-order valence-electron chi connectivity index (χ3n) is 1.54. The summed E-state index contributed by atoms with van der Waals surface area (Å²) in [6.45, 7) is 8.81. The zero-order valence-corrected chi connectivity index (χ0v) is 8.69. The van der Waals surface area contributed by atoms with Gasteiger partial charge in [0.1, 0.15) is 0 Å². The summed E-state index contributed by atoms with van der Waals surface area (Å²) in [4.78, 5) is 0. The molecule has 0 saturated heterocycles. The SMILES string of the molecule is C=CCC(C)O.C=Cc1ccccc1. The summed E-state index contributed by atoms with van der Waals surface area (Å²) in [5.74, 6) is 0. The largest absolute Gasteiger partial charge is 0.393 e. The minimum Gasteiger partial charge on any atom is -0.393 e. The Morgan fingerprint density at radius 3 is 2.07 bits per heavy atom. The van der Waals surface area contributed by atoms with E-state index >= 15 is 0 Å². The predicted octanol–water partition coefficient (Wildman–Crippen LogP) is 3.27. The van der Waals surface area contributed by atoms with E-state index in [1.54, 1.807) is 13.0 Å². The fraction of sp³-hybridized carbons (Fsp3) is 0.231. The Labute approximate surface area is 86.4 Å². The monoisotopic (exact) mass is 190 g/mol. The second-order valence-corrected chi connectivity index (χ2v) is 2.99. The molecule has 0 radical (unpaired) electrons. The lowest BCUT2D eigenvalue weighted by Crippen LogP contribution is -1.94. The average molecular weight is 190 g/mol. The van der Waals surface area contributed by atoms with Crippen molar-refractivity contribution in [1.29, 1.82) is 0 Å². The molecule has 0 fully saturated rings. The van der Waals surface area contributed by atoms with Gasteiger partial charge in [-0.2, -0.15) is 0 Å². The van der Waals surface area contributed by atoms with Gasteiger partial charge in [0.2, 0.25) is 0 Å². The molecule has 1 unspecified atom stereocenters. The van der Waals surface area contributed by atoms with Crippen molar-refractivity contribution in [2.45, 2.75) is 19.4 Å². The van der Waals surface area contributed by atoms with Crippen molar-refractivity contribution in [1.82, 2.24) is 0 Å². The van der Waals surface area contributed by atoms with Gasteiger partial charge in [-0.25, -0.2) is 0 Å². The van der Waals surface area contributed by atoms with Crippen LogP contribution in [-0.2, 0) is 0 Å². The first-order valence-electron chi connectivity index (χ1n) is 4.67. The van der Waals surface area contributed by atoms with Gasteiger partial charge in [0.15, 0.2) is 0 Å². The second-order valence-electron chi connectivity index (χ2n) is 2.99. The highest BCUT2D eigenvalue weighted by molar-refractivity contribution is 5.45. The fourth-order valence-corrected chi connectivity index (χ4v) is 0.830. The average Bonchev–Trinajstić information content (AvgIpc) is 2.20. The maximum Gasteiger partial charge on any atom is 0.0546 e. The molecule has 1 N–H and O–H groups in total. The van der Waals surface area contributed by atoms with Crippen LogP contribution >= 0.6 is 0 Å². The zero-order chi connectivity index (χ0) is 10.8. The van der Waals surface area contributed by atoms with Gasteiger partial charge in [-0.05, 0) is 18.9 Å². The number of rotatable bonds is 3. The molecule has 0 heterocycles. The van der Waals surface area contributed by atoms with E-state index in [1.165, 1.54) is 5.56 Å². The Morgan fingerprint density at radius 2 is 1.86 bits per heavy atom. The number of benzene rings is 1. The van der Waals surface area contributed by atoms with Gasteiger partial charge in [0, 0.05) is 0 Å². The standard InChI is InChI=1S/C8H8.C5H10O/c1-2-8-6-4-3-5-7-8;1-3-4-5(2)6/h2-7H,1H2;3,5-6H,1,4H2,2H3. The number of aliphatic hydroxyl groups is 1. The lowest BCUT2D eigenvalue weighted by molar-refractivity contribution is 0.198. The van der Waals surface area contributed by atoms with E-state index in [0.29, 0.717) is 6.42 Å². The number of hydrogen-bond acceptors (Lipinski definition) is 1. The number of hydrogen-bond donors (Lipinski definition) is 1. The highest BCUT2D eigenvalue weighted by atomic mass is 16.3. The van der Waals surface area contributed by atoms with E-state index in [2.05, 4.69) is 13.2 Å². The van der Waals surface area contributed by atoms with Gasteiger partial charge in [0.25, 0.3) is 0 Å². The quantitative estimate of drug-likeness (QED) is 0.725. The van der Waals surface area contributed by atoms with Crippen LogP contribution in [0.15, 0.2) is 49.6 Å². The van der Waals surface area contributed by atoms with Crippen LogP contribution in [0.5, 0.6) is 0 Å². The Kier molecular flexibility index (Phi) is 7.48. The summed E-state index contributed by atoms with van der Waals surface area (Å²) in [7, 11) is 0. The maximum absolute atomic E-state index is 8.48. The lowest BCUT2D eigenvalue weighted by Gasteiger charge is -1.92. The van der Waals surface area contributed by atoms with Gasteiger partial charge in [-0.1, -0.05) is 49.1 Å². The summed E-state index contributed by atoms with van der Waals surface area (Å²) < 4.78 is 0. The first kappa shape index (κ1) is 12.7. The van der Waals surface area contributed by atoms with Gasteiger partial charge >= 0.3 is 0 Å².